The van der Waals surface area contributed by atoms with Crippen LogP contribution in [0, 0.1) is 13.8 Å². The van der Waals surface area contributed by atoms with Crippen molar-refractivity contribution in [1.29, 1.82) is 0 Å². The van der Waals surface area contributed by atoms with Gasteiger partial charge >= 0.3 is 0 Å². The van der Waals surface area contributed by atoms with Crippen LogP contribution in [0.15, 0.2) is 18.2 Å². The summed E-state index contributed by atoms with van der Waals surface area (Å²) in [6.45, 7) is 8.54. The molecule has 0 heterocycles. The molecule has 1 aromatic carbocycles. The number of hydrogen-bond donors (Lipinski definition) is 1. The Kier molecular flexibility index (Phi) is 6.51. The van der Waals surface area contributed by atoms with E-state index in [4.69, 9.17) is 4.74 Å². The maximum Gasteiger partial charge on any atom is 0.129 e. The van der Waals surface area contributed by atoms with Crippen LogP contribution in [0.1, 0.15) is 36.5 Å². The summed E-state index contributed by atoms with van der Waals surface area (Å²) < 4.78 is 5.49. The van der Waals surface area contributed by atoms with Crippen LogP contribution in [0.4, 0.5) is 0 Å². The first-order valence-electron chi connectivity index (χ1n) is 6.72. The molecule has 2 nitrogen and oxygen atoms in total. The zero-order chi connectivity index (χ0) is 13.4. The molecule has 1 N–H and O–H groups in total. The van der Waals surface area contributed by atoms with Crippen LogP contribution in [0.3, 0.4) is 0 Å². The molecule has 0 spiro atoms. The van der Waals surface area contributed by atoms with Crippen molar-refractivity contribution in [1.82, 2.24) is 5.32 Å². The van der Waals surface area contributed by atoms with E-state index in [-0.39, 0.29) is 0 Å². The molecule has 0 atom stereocenters. The Labute approximate surface area is 111 Å². The number of methoxy groups -OCH3 is 1. The van der Waals surface area contributed by atoms with E-state index in [1.165, 1.54) is 17.5 Å². The van der Waals surface area contributed by atoms with Gasteiger partial charge in [-0.05, 0) is 50.9 Å². The van der Waals surface area contributed by atoms with Crippen molar-refractivity contribution in [2.75, 3.05) is 20.2 Å². The minimum atomic E-state index is 0.993. The fourth-order valence-electron chi connectivity index (χ4n) is 1.91. The highest BCUT2D eigenvalue weighted by Gasteiger charge is 2.05. The van der Waals surface area contributed by atoms with Gasteiger partial charge in [0.1, 0.15) is 5.75 Å². The maximum atomic E-state index is 5.49. The highest BCUT2D eigenvalue weighted by molar-refractivity contribution is 5.61. The van der Waals surface area contributed by atoms with Gasteiger partial charge in [0.15, 0.2) is 0 Å². The van der Waals surface area contributed by atoms with E-state index < -0.39 is 0 Å². The van der Waals surface area contributed by atoms with Gasteiger partial charge in [0.25, 0.3) is 0 Å². The average molecular weight is 247 g/mol. The first-order chi connectivity index (χ1) is 8.70. The third kappa shape index (κ3) is 4.19. The van der Waals surface area contributed by atoms with Crippen LogP contribution in [0.2, 0.25) is 0 Å². The zero-order valence-electron chi connectivity index (χ0n) is 12.0. The molecule has 0 aliphatic heterocycles. The summed E-state index contributed by atoms with van der Waals surface area (Å²) in [5.74, 6) is 0.993. The number of aryl methyl sites for hydroxylation is 1. The molecule has 0 saturated heterocycles. The van der Waals surface area contributed by atoms with Crippen molar-refractivity contribution < 1.29 is 4.74 Å². The quantitative estimate of drug-likeness (QED) is 0.742. The lowest BCUT2D eigenvalue weighted by Crippen LogP contribution is -2.14. The smallest absolute Gasteiger partial charge is 0.129 e. The first kappa shape index (κ1) is 14.8. The Bertz CT molecular complexity index is 396. The number of hydrogen-bond acceptors (Lipinski definition) is 2. The fourth-order valence-corrected chi connectivity index (χ4v) is 1.91. The molecule has 2 heteroatoms. The molecule has 0 fully saturated rings. The normalized spacial score (nSPS) is 11.1. The number of nitrogens with one attached hydrogen (secondary N) is 1. The van der Waals surface area contributed by atoms with E-state index in [0.29, 0.717) is 0 Å². The van der Waals surface area contributed by atoms with Crippen molar-refractivity contribution in [3.8, 4) is 5.75 Å². The lowest BCUT2D eigenvalue weighted by Gasteiger charge is -2.10. The lowest BCUT2D eigenvalue weighted by molar-refractivity contribution is 0.410. The van der Waals surface area contributed by atoms with E-state index in [1.807, 2.05) is 0 Å². The second-order valence-electron chi connectivity index (χ2n) is 4.57. The van der Waals surface area contributed by atoms with E-state index in [9.17, 15) is 0 Å². The Morgan fingerprint density at radius 2 is 2.00 bits per heavy atom. The van der Waals surface area contributed by atoms with Crippen LogP contribution >= 0.6 is 0 Å². The molecule has 0 aromatic heterocycles. The summed E-state index contributed by atoms with van der Waals surface area (Å²) in [6.07, 6.45) is 6.60. The molecule has 1 aromatic rings. The molecular formula is C16H25NO. The lowest BCUT2D eigenvalue weighted by atomic mass is 10.0. The molecular weight excluding hydrogens is 222 g/mol. The van der Waals surface area contributed by atoms with Crippen LogP contribution in [0.5, 0.6) is 5.75 Å². The maximum absolute atomic E-state index is 5.49. The third-order valence-corrected chi connectivity index (χ3v) is 3.12. The molecule has 1 rings (SSSR count). The van der Waals surface area contributed by atoms with Gasteiger partial charge in [-0.1, -0.05) is 31.2 Å². The summed E-state index contributed by atoms with van der Waals surface area (Å²) in [7, 11) is 1.74. The van der Waals surface area contributed by atoms with Crippen LogP contribution in [0.25, 0.3) is 6.08 Å². The van der Waals surface area contributed by atoms with Gasteiger partial charge in [-0.15, -0.1) is 0 Å². The molecule has 100 valence electrons. The molecule has 0 unspecified atom stereocenters. The summed E-state index contributed by atoms with van der Waals surface area (Å²) in [5, 5.41) is 3.39. The van der Waals surface area contributed by atoms with E-state index in [2.05, 4.69) is 50.4 Å². The molecule has 0 aliphatic carbocycles. The van der Waals surface area contributed by atoms with Crippen LogP contribution in [-0.2, 0) is 0 Å². The first-order valence-corrected chi connectivity index (χ1v) is 6.72. The van der Waals surface area contributed by atoms with Gasteiger partial charge in [-0.3, -0.25) is 0 Å². The Morgan fingerprint density at radius 3 is 2.67 bits per heavy atom. The van der Waals surface area contributed by atoms with E-state index in [0.717, 1.165) is 30.8 Å². The second-order valence-corrected chi connectivity index (χ2v) is 4.57. The van der Waals surface area contributed by atoms with Crippen molar-refractivity contribution in [3.05, 3.63) is 34.9 Å². The Hall–Kier alpha value is -1.28. The average Bonchev–Trinajstić information content (AvgIpc) is 2.38. The molecule has 0 amide bonds. The largest absolute Gasteiger partial charge is 0.496 e. The van der Waals surface area contributed by atoms with E-state index in [1.54, 1.807) is 7.11 Å². The van der Waals surface area contributed by atoms with Crippen molar-refractivity contribution in [2.45, 2.75) is 33.6 Å². The minimum Gasteiger partial charge on any atom is -0.496 e. The molecule has 0 aliphatic rings. The molecule has 18 heavy (non-hydrogen) atoms. The highest BCUT2D eigenvalue weighted by atomic mass is 16.5. The Balaban J connectivity index is 2.61. The molecule has 0 radical (unpaired) electrons. The van der Waals surface area contributed by atoms with Crippen LogP contribution in [-0.4, -0.2) is 20.2 Å². The van der Waals surface area contributed by atoms with Gasteiger partial charge in [0.05, 0.1) is 7.11 Å². The monoisotopic (exact) mass is 247 g/mol. The third-order valence-electron chi connectivity index (χ3n) is 3.12. The van der Waals surface area contributed by atoms with Crippen LogP contribution < -0.4 is 10.1 Å². The van der Waals surface area contributed by atoms with Gasteiger partial charge < -0.3 is 10.1 Å². The summed E-state index contributed by atoms with van der Waals surface area (Å²) in [4.78, 5) is 0. The Morgan fingerprint density at radius 1 is 1.22 bits per heavy atom. The zero-order valence-corrected chi connectivity index (χ0v) is 12.0. The van der Waals surface area contributed by atoms with Gasteiger partial charge in [0, 0.05) is 5.56 Å². The van der Waals surface area contributed by atoms with Crippen molar-refractivity contribution in [2.24, 2.45) is 0 Å². The fraction of sp³-hybridized carbons (Fsp3) is 0.500. The van der Waals surface area contributed by atoms with Crippen molar-refractivity contribution in [3.63, 3.8) is 0 Å². The van der Waals surface area contributed by atoms with E-state index >= 15 is 0 Å². The molecule has 0 saturated carbocycles. The van der Waals surface area contributed by atoms with Gasteiger partial charge in [-0.25, -0.2) is 0 Å². The number of rotatable bonds is 7. The standard InChI is InChI=1S/C16H25NO/c1-5-11-17-12-7-6-8-15-10-9-13(2)14(3)16(15)18-4/h6,8-10,17H,5,7,11-12H2,1-4H3/b8-6+. The summed E-state index contributed by atoms with van der Waals surface area (Å²) >= 11 is 0. The minimum absolute atomic E-state index is 0.993. The van der Waals surface area contributed by atoms with Crippen molar-refractivity contribution >= 4 is 6.08 Å². The van der Waals surface area contributed by atoms with Gasteiger partial charge in [-0.2, -0.15) is 0 Å². The highest BCUT2D eigenvalue weighted by Crippen LogP contribution is 2.27. The molecule has 0 bridgehead atoms. The number of benzene rings is 1. The summed E-state index contributed by atoms with van der Waals surface area (Å²) in [5.41, 5.74) is 3.66. The predicted molar refractivity (Wildman–Crippen MR) is 79.3 cm³/mol. The SMILES string of the molecule is CCCNCC/C=C/c1ccc(C)c(C)c1OC. The predicted octanol–water partition coefficient (Wildman–Crippen LogP) is 3.71. The summed E-state index contributed by atoms with van der Waals surface area (Å²) in [6, 6.07) is 4.27. The topological polar surface area (TPSA) is 21.3 Å². The number of ether oxygens (including phenoxy) is 1. The second kappa shape index (κ2) is 7.93. The van der Waals surface area contributed by atoms with Gasteiger partial charge in [0.2, 0.25) is 0 Å².